The van der Waals surface area contributed by atoms with Crippen molar-refractivity contribution in [1.29, 1.82) is 0 Å². The number of rotatable bonds is 7. The second-order valence-electron chi connectivity index (χ2n) is 11.7. The Kier molecular flexibility index (Phi) is 13.6. The molecule has 0 aromatic heterocycles. The third-order valence-corrected chi connectivity index (χ3v) is 8.25. The Labute approximate surface area is 277 Å². The summed E-state index contributed by atoms with van der Waals surface area (Å²) in [6, 6.07) is 24.1. The van der Waals surface area contributed by atoms with Crippen molar-refractivity contribution >= 4 is 23.6 Å². The predicted octanol–water partition coefficient (Wildman–Crippen LogP) is 4.24. The van der Waals surface area contributed by atoms with Crippen LogP contribution < -0.4 is 20.1 Å². The van der Waals surface area contributed by atoms with E-state index in [4.69, 9.17) is 9.47 Å². The number of likely N-dealkylation sites (N-methyl/N-ethyl adjacent to an activating group) is 2. The van der Waals surface area contributed by atoms with Crippen molar-refractivity contribution in [3.8, 4) is 11.5 Å². The van der Waals surface area contributed by atoms with Gasteiger partial charge in [0.25, 0.3) is 5.91 Å². The molecule has 10 nitrogen and oxygen atoms in total. The summed E-state index contributed by atoms with van der Waals surface area (Å²) < 4.78 is 11.7. The van der Waals surface area contributed by atoms with Crippen molar-refractivity contribution in [2.45, 2.75) is 57.0 Å². The van der Waals surface area contributed by atoms with Gasteiger partial charge >= 0.3 is 0 Å². The molecule has 0 spiro atoms. The maximum Gasteiger partial charge on any atom is 0.255 e. The van der Waals surface area contributed by atoms with E-state index >= 15 is 0 Å². The van der Waals surface area contributed by atoms with Gasteiger partial charge in [0.05, 0.1) is 18.7 Å². The lowest BCUT2D eigenvalue weighted by Crippen LogP contribution is -2.51. The lowest BCUT2D eigenvalue weighted by molar-refractivity contribution is -0.144. The largest absolute Gasteiger partial charge is 0.493 e. The fraction of sp³-hybridized carbons (Fsp3) is 0.405. The van der Waals surface area contributed by atoms with E-state index in [1.165, 1.54) is 4.90 Å². The molecule has 0 aliphatic carbocycles. The Morgan fingerprint density at radius 3 is 2.34 bits per heavy atom. The second kappa shape index (κ2) is 18.3. The van der Waals surface area contributed by atoms with Crippen LogP contribution in [0.15, 0.2) is 84.9 Å². The standard InChI is InChI=1S/C37H46N4O6/c1-40-24-13-3-4-14-25-47-33-20-12-11-19-30(33)35(43)39-31(36(44)38-23-26-46-29-17-9-6-10-18-29)21-22-34(42)41(2)32(37(40)45)27-28-15-7-5-8-16-28/h5-12,15-20,31-32H,3-4,13-14,21-27H2,1-2H3,(H,38,44)(H,39,43)/t31-,32-/m0/s1. The van der Waals surface area contributed by atoms with Crippen molar-refractivity contribution in [3.63, 3.8) is 0 Å². The minimum atomic E-state index is -1.02. The van der Waals surface area contributed by atoms with Crippen LogP contribution in [0.5, 0.6) is 11.5 Å². The summed E-state index contributed by atoms with van der Waals surface area (Å²) in [6.45, 7) is 1.44. The Balaban J connectivity index is 1.52. The van der Waals surface area contributed by atoms with Crippen LogP contribution in [0.3, 0.4) is 0 Å². The van der Waals surface area contributed by atoms with E-state index in [2.05, 4.69) is 10.6 Å². The minimum Gasteiger partial charge on any atom is -0.493 e. The molecule has 1 aliphatic heterocycles. The summed E-state index contributed by atoms with van der Waals surface area (Å²) >= 11 is 0. The van der Waals surface area contributed by atoms with Crippen LogP contribution in [-0.2, 0) is 20.8 Å². The first kappa shape index (κ1) is 35.0. The molecular formula is C37H46N4O6. The molecule has 0 saturated carbocycles. The minimum absolute atomic E-state index is 0.0331. The average Bonchev–Trinajstić information content (AvgIpc) is 3.10. The number of ether oxygens (including phenoxy) is 2. The first-order valence-electron chi connectivity index (χ1n) is 16.4. The monoisotopic (exact) mass is 642 g/mol. The number of para-hydroxylation sites is 2. The van der Waals surface area contributed by atoms with Crippen LogP contribution in [-0.4, -0.2) is 85.9 Å². The van der Waals surface area contributed by atoms with Gasteiger partial charge in [0.1, 0.15) is 30.2 Å². The van der Waals surface area contributed by atoms with E-state index in [0.717, 1.165) is 31.2 Å². The highest BCUT2D eigenvalue weighted by Gasteiger charge is 2.31. The molecule has 1 heterocycles. The van der Waals surface area contributed by atoms with Crippen LogP contribution in [0.2, 0.25) is 0 Å². The van der Waals surface area contributed by atoms with Gasteiger partial charge in [0.2, 0.25) is 17.7 Å². The zero-order valence-electron chi connectivity index (χ0n) is 27.4. The second-order valence-corrected chi connectivity index (χ2v) is 11.7. The van der Waals surface area contributed by atoms with E-state index in [-0.39, 0.29) is 37.8 Å². The molecule has 3 aromatic rings. The van der Waals surface area contributed by atoms with Crippen molar-refractivity contribution < 1.29 is 28.7 Å². The van der Waals surface area contributed by atoms with Gasteiger partial charge in [0, 0.05) is 33.5 Å². The van der Waals surface area contributed by atoms with E-state index in [9.17, 15) is 19.2 Å². The number of fused-ring (bicyclic) bond motifs is 1. The molecule has 0 fully saturated rings. The van der Waals surface area contributed by atoms with Gasteiger partial charge in [0.15, 0.2) is 0 Å². The molecule has 3 aromatic carbocycles. The van der Waals surface area contributed by atoms with E-state index < -0.39 is 23.9 Å². The Morgan fingerprint density at radius 1 is 0.894 bits per heavy atom. The summed E-state index contributed by atoms with van der Waals surface area (Å²) in [5, 5.41) is 5.66. The molecule has 0 saturated heterocycles. The lowest BCUT2D eigenvalue weighted by Gasteiger charge is -2.31. The molecular weight excluding hydrogens is 596 g/mol. The maximum absolute atomic E-state index is 13.7. The SMILES string of the molecule is CN1CCCCCCOc2ccccc2C(=O)N[C@H](C(=O)NCCOc2ccccc2)CCC(=O)N(C)[C@@H](Cc2ccccc2)C1=O. The number of carbonyl (C=O) groups excluding carboxylic acids is 4. The van der Waals surface area contributed by atoms with E-state index in [0.29, 0.717) is 36.6 Å². The summed E-state index contributed by atoms with van der Waals surface area (Å²) in [7, 11) is 3.41. The molecule has 4 rings (SSSR count). The Hall–Kier alpha value is -4.86. The smallest absolute Gasteiger partial charge is 0.255 e. The van der Waals surface area contributed by atoms with Gasteiger partial charge in [-0.3, -0.25) is 19.2 Å². The number of carbonyl (C=O) groups is 4. The van der Waals surface area contributed by atoms with Crippen LogP contribution >= 0.6 is 0 Å². The van der Waals surface area contributed by atoms with Crippen molar-refractivity contribution in [2.75, 3.05) is 40.4 Å². The number of nitrogens with zero attached hydrogens (tertiary/aromatic N) is 2. The summed E-state index contributed by atoms with van der Waals surface area (Å²) in [4.78, 5) is 57.5. The molecule has 0 bridgehead atoms. The topological polar surface area (TPSA) is 117 Å². The predicted molar refractivity (Wildman–Crippen MR) is 180 cm³/mol. The van der Waals surface area contributed by atoms with E-state index in [1.54, 1.807) is 43.3 Å². The van der Waals surface area contributed by atoms with Crippen LogP contribution in [0.1, 0.15) is 54.4 Å². The third kappa shape index (κ3) is 10.9. The molecule has 2 N–H and O–H groups in total. The Bertz CT molecular complexity index is 1450. The van der Waals surface area contributed by atoms with Gasteiger partial charge in [-0.2, -0.15) is 0 Å². The van der Waals surface area contributed by atoms with Crippen LogP contribution in [0.4, 0.5) is 0 Å². The van der Waals surface area contributed by atoms with Gasteiger partial charge in [-0.1, -0.05) is 73.5 Å². The maximum atomic E-state index is 13.7. The van der Waals surface area contributed by atoms with Crippen molar-refractivity contribution in [1.82, 2.24) is 20.4 Å². The van der Waals surface area contributed by atoms with Crippen molar-refractivity contribution in [2.24, 2.45) is 0 Å². The fourth-order valence-electron chi connectivity index (χ4n) is 5.46. The van der Waals surface area contributed by atoms with Crippen LogP contribution in [0, 0.1) is 0 Å². The zero-order chi connectivity index (χ0) is 33.4. The summed E-state index contributed by atoms with van der Waals surface area (Å²) in [6.07, 6.45) is 3.76. The van der Waals surface area contributed by atoms with Crippen molar-refractivity contribution in [3.05, 3.63) is 96.1 Å². The first-order valence-corrected chi connectivity index (χ1v) is 16.4. The number of benzene rings is 3. The van der Waals surface area contributed by atoms with Gasteiger partial charge in [-0.15, -0.1) is 0 Å². The molecule has 250 valence electrons. The number of hydrogen-bond acceptors (Lipinski definition) is 6. The highest BCUT2D eigenvalue weighted by molar-refractivity contribution is 5.99. The number of hydrogen-bond donors (Lipinski definition) is 2. The molecule has 0 radical (unpaired) electrons. The van der Waals surface area contributed by atoms with Crippen LogP contribution in [0.25, 0.3) is 0 Å². The molecule has 0 unspecified atom stereocenters. The number of nitrogens with one attached hydrogen (secondary N) is 2. The quantitative estimate of drug-likeness (QED) is 0.373. The van der Waals surface area contributed by atoms with Gasteiger partial charge in [-0.25, -0.2) is 0 Å². The highest BCUT2D eigenvalue weighted by atomic mass is 16.5. The average molecular weight is 643 g/mol. The first-order chi connectivity index (χ1) is 22.8. The lowest BCUT2D eigenvalue weighted by atomic mass is 10.0. The molecule has 1 aliphatic rings. The molecule has 47 heavy (non-hydrogen) atoms. The fourth-order valence-corrected chi connectivity index (χ4v) is 5.46. The molecule has 10 heteroatoms. The van der Waals surface area contributed by atoms with E-state index in [1.807, 2.05) is 60.7 Å². The third-order valence-electron chi connectivity index (χ3n) is 8.25. The number of amides is 4. The molecule has 4 amide bonds. The zero-order valence-corrected chi connectivity index (χ0v) is 27.4. The van der Waals surface area contributed by atoms with Gasteiger partial charge < -0.3 is 29.9 Å². The molecule has 2 atom stereocenters. The summed E-state index contributed by atoms with van der Waals surface area (Å²) in [5.74, 6) is -0.234. The normalized spacial score (nSPS) is 18.9. The Morgan fingerprint density at radius 2 is 1.57 bits per heavy atom. The highest BCUT2D eigenvalue weighted by Crippen LogP contribution is 2.20. The van der Waals surface area contributed by atoms with Gasteiger partial charge in [-0.05, 0) is 49.1 Å². The summed E-state index contributed by atoms with van der Waals surface area (Å²) in [5.41, 5.74) is 1.26.